The van der Waals surface area contributed by atoms with Crippen molar-refractivity contribution in [2.24, 2.45) is 5.92 Å². The number of hydrogen-bond donors (Lipinski definition) is 5. The van der Waals surface area contributed by atoms with Crippen molar-refractivity contribution in [1.29, 1.82) is 0 Å². The average molecular weight is 531 g/mol. The van der Waals surface area contributed by atoms with Crippen molar-refractivity contribution in [3.8, 4) is 0 Å². The van der Waals surface area contributed by atoms with Crippen LogP contribution in [0.25, 0.3) is 0 Å². The third-order valence-electron chi connectivity index (χ3n) is 7.35. The van der Waals surface area contributed by atoms with Crippen molar-refractivity contribution in [1.82, 2.24) is 0 Å². The monoisotopic (exact) mass is 530 g/mol. The number of aliphatic carboxylic acids is 1. The third kappa shape index (κ3) is 9.92. The van der Waals surface area contributed by atoms with Crippen molar-refractivity contribution in [3.05, 3.63) is 12.2 Å². The van der Waals surface area contributed by atoms with Crippen LogP contribution in [0.1, 0.15) is 90.4 Å². The number of hydrogen-bond acceptors (Lipinski definition) is 9. The van der Waals surface area contributed by atoms with Gasteiger partial charge >= 0.3 is 11.9 Å². The molecule has 0 spiro atoms. The molecule has 0 saturated carbocycles. The molecule has 0 aliphatic carbocycles. The van der Waals surface area contributed by atoms with E-state index in [0.29, 0.717) is 6.42 Å². The molecular weight excluding hydrogens is 484 g/mol. The van der Waals surface area contributed by atoms with Gasteiger partial charge in [-0.15, -0.1) is 0 Å². The third-order valence-corrected chi connectivity index (χ3v) is 7.35. The van der Waals surface area contributed by atoms with Crippen LogP contribution in [0.2, 0.25) is 0 Å². The number of carbonyl (C=O) groups is 2. The molecule has 2 aliphatic heterocycles. The summed E-state index contributed by atoms with van der Waals surface area (Å²) in [6.07, 6.45) is 6.39. The van der Waals surface area contributed by atoms with Crippen molar-refractivity contribution < 1.29 is 49.3 Å². The molecule has 8 unspecified atom stereocenters. The first-order valence-electron chi connectivity index (χ1n) is 13.8. The zero-order valence-corrected chi connectivity index (χ0v) is 22.0. The van der Waals surface area contributed by atoms with Crippen molar-refractivity contribution in [2.75, 3.05) is 6.61 Å². The van der Waals surface area contributed by atoms with E-state index < -0.39 is 61.3 Å². The SMILES string of the molecule is C=C1C(=O)OC(CCCCCCCCCCCCCC(C)OC2OC(CO)C(O)C(O)C2O)C1C(=O)O. The maximum Gasteiger partial charge on any atom is 0.334 e. The Balaban J connectivity index is 1.41. The topological polar surface area (TPSA) is 163 Å². The molecule has 10 heteroatoms. The lowest BCUT2D eigenvalue weighted by molar-refractivity contribution is -0.310. The zero-order chi connectivity index (χ0) is 27.4. The van der Waals surface area contributed by atoms with Crippen LogP contribution in [0.4, 0.5) is 0 Å². The van der Waals surface area contributed by atoms with Crippen LogP contribution in [0.5, 0.6) is 0 Å². The first kappa shape index (κ1) is 31.7. The predicted octanol–water partition coefficient (Wildman–Crippen LogP) is 2.45. The lowest BCUT2D eigenvalue weighted by Crippen LogP contribution is -2.59. The molecule has 2 saturated heterocycles. The van der Waals surface area contributed by atoms with Crippen molar-refractivity contribution in [3.63, 3.8) is 0 Å². The first-order valence-corrected chi connectivity index (χ1v) is 13.8. The molecule has 214 valence electrons. The summed E-state index contributed by atoms with van der Waals surface area (Å²) in [6.45, 7) is 4.95. The predicted molar refractivity (Wildman–Crippen MR) is 134 cm³/mol. The van der Waals surface area contributed by atoms with Crippen molar-refractivity contribution >= 4 is 11.9 Å². The molecule has 0 aromatic carbocycles. The van der Waals surface area contributed by atoms with Crippen LogP contribution in [0.15, 0.2) is 12.2 Å². The molecule has 2 fully saturated rings. The lowest BCUT2D eigenvalue weighted by atomic mass is 9.93. The minimum Gasteiger partial charge on any atom is -0.481 e. The second kappa shape index (κ2) is 16.4. The zero-order valence-electron chi connectivity index (χ0n) is 22.0. The van der Waals surface area contributed by atoms with Crippen LogP contribution < -0.4 is 0 Å². The van der Waals surface area contributed by atoms with E-state index in [4.69, 9.17) is 14.2 Å². The van der Waals surface area contributed by atoms with Gasteiger partial charge in [-0.1, -0.05) is 70.8 Å². The quantitative estimate of drug-likeness (QED) is 0.101. The maximum atomic E-state index is 11.5. The maximum absolute atomic E-state index is 11.5. The average Bonchev–Trinajstić information content (AvgIpc) is 3.15. The van der Waals surface area contributed by atoms with Crippen molar-refractivity contribution in [2.45, 2.75) is 133 Å². The van der Waals surface area contributed by atoms with Gasteiger partial charge < -0.3 is 39.7 Å². The summed E-state index contributed by atoms with van der Waals surface area (Å²) in [5.74, 6) is -2.55. The van der Waals surface area contributed by atoms with E-state index in [0.717, 1.165) is 51.4 Å². The summed E-state index contributed by atoms with van der Waals surface area (Å²) in [7, 11) is 0. The summed E-state index contributed by atoms with van der Waals surface area (Å²) < 4.78 is 16.2. The Labute approximate surface area is 219 Å². The molecule has 10 nitrogen and oxygen atoms in total. The number of ether oxygens (including phenoxy) is 3. The molecule has 2 heterocycles. The Morgan fingerprint density at radius 2 is 1.43 bits per heavy atom. The summed E-state index contributed by atoms with van der Waals surface area (Å²) >= 11 is 0. The van der Waals surface area contributed by atoms with Gasteiger partial charge in [0.25, 0.3) is 0 Å². The van der Waals surface area contributed by atoms with Gasteiger partial charge in [-0.3, -0.25) is 4.79 Å². The second-order valence-electron chi connectivity index (χ2n) is 10.4. The molecule has 0 amide bonds. The van der Waals surface area contributed by atoms with E-state index in [1.165, 1.54) is 25.7 Å². The van der Waals surface area contributed by atoms with Gasteiger partial charge in [0, 0.05) is 5.57 Å². The first-order chi connectivity index (χ1) is 17.7. The highest BCUT2D eigenvalue weighted by Crippen LogP contribution is 2.30. The highest BCUT2D eigenvalue weighted by atomic mass is 16.7. The summed E-state index contributed by atoms with van der Waals surface area (Å²) in [5, 5.41) is 48.2. The molecule has 2 rings (SSSR count). The number of carboxylic acid groups (broad SMARTS) is 1. The molecule has 8 atom stereocenters. The van der Waals surface area contributed by atoms with Crippen LogP contribution in [-0.4, -0.2) is 87.0 Å². The van der Waals surface area contributed by atoms with E-state index in [9.17, 15) is 35.1 Å². The Hall–Kier alpha value is -1.56. The summed E-state index contributed by atoms with van der Waals surface area (Å²) in [4.78, 5) is 22.9. The number of carboxylic acids is 1. The normalized spacial score (nSPS) is 30.9. The van der Waals surface area contributed by atoms with E-state index in [1.54, 1.807) is 0 Å². The van der Waals surface area contributed by atoms with E-state index in [1.807, 2.05) is 6.92 Å². The Morgan fingerprint density at radius 3 is 1.97 bits per heavy atom. The molecule has 2 aliphatic rings. The number of aliphatic hydroxyl groups excluding tert-OH is 4. The van der Waals surface area contributed by atoms with E-state index >= 15 is 0 Å². The minimum atomic E-state index is -1.42. The van der Waals surface area contributed by atoms with E-state index in [2.05, 4.69) is 6.58 Å². The van der Waals surface area contributed by atoms with Crippen LogP contribution in [0.3, 0.4) is 0 Å². The lowest BCUT2D eigenvalue weighted by Gasteiger charge is -2.40. The molecule has 0 aromatic heterocycles. The van der Waals surface area contributed by atoms with Gasteiger partial charge in [0.15, 0.2) is 6.29 Å². The van der Waals surface area contributed by atoms with Gasteiger partial charge in [-0.05, 0) is 26.2 Å². The molecule has 0 bridgehead atoms. The highest BCUT2D eigenvalue weighted by molar-refractivity contribution is 5.97. The molecule has 0 aromatic rings. The molecule has 5 N–H and O–H groups in total. The molecular formula is C27H46O10. The fraction of sp³-hybridized carbons (Fsp3) is 0.852. The fourth-order valence-corrected chi connectivity index (χ4v) is 5.01. The summed E-state index contributed by atoms with van der Waals surface area (Å²) in [5.41, 5.74) is 0.0495. The van der Waals surface area contributed by atoms with Gasteiger partial charge in [-0.2, -0.15) is 0 Å². The van der Waals surface area contributed by atoms with E-state index in [-0.39, 0.29) is 11.7 Å². The summed E-state index contributed by atoms with van der Waals surface area (Å²) in [6, 6.07) is 0. The Morgan fingerprint density at radius 1 is 0.892 bits per heavy atom. The number of esters is 1. The molecule has 37 heavy (non-hydrogen) atoms. The van der Waals surface area contributed by atoms with Gasteiger partial charge in [0.05, 0.1) is 12.7 Å². The Bertz CT molecular complexity index is 711. The standard InChI is InChI=1S/C27H46O10/c1-17(35-27-24(31)23(30)22(29)20(16-28)37-27)14-12-10-8-6-4-3-5-7-9-11-13-15-19-21(25(32)33)18(2)26(34)36-19/h17,19-24,27-31H,2-16H2,1H3,(H,32,33). The number of cyclic esters (lactones) is 1. The number of unbranched alkanes of at least 4 members (excludes halogenated alkanes) is 10. The van der Waals surface area contributed by atoms with Crippen LogP contribution in [-0.2, 0) is 23.8 Å². The van der Waals surface area contributed by atoms with Gasteiger partial charge in [0.1, 0.15) is 36.4 Å². The smallest absolute Gasteiger partial charge is 0.334 e. The number of carbonyl (C=O) groups excluding carboxylic acids is 1. The van der Waals surface area contributed by atoms with Gasteiger partial charge in [0.2, 0.25) is 0 Å². The van der Waals surface area contributed by atoms with Gasteiger partial charge in [-0.25, -0.2) is 4.79 Å². The number of rotatable bonds is 18. The second-order valence-corrected chi connectivity index (χ2v) is 10.4. The Kier molecular flexibility index (Phi) is 14.0. The fourth-order valence-electron chi connectivity index (χ4n) is 5.01. The molecule has 0 radical (unpaired) electrons. The minimum absolute atomic E-state index is 0.0495. The van der Waals surface area contributed by atoms with Crippen LogP contribution >= 0.6 is 0 Å². The number of aliphatic hydroxyl groups is 4. The highest BCUT2D eigenvalue weighted by Gasteiger charge is 2.44. The van der Waals surface area contributed by atoms with Crippen LogP contribution in [0, 0.1) is 5.92 Å². The largest absolute Gasteiger partial charge is 0.481 e.